The zero-order chi connectivity index (χ0) is 13.7. The van der Waals surface area contributed by atoms with Gasteiger partial charge in [0.15, 0.2) is 5.82 Å². The summed E-state index contributed by atoms with van der Waals surface area (Å²) >= 11 is 0. The van der Waals surface area contributed by atoms with Crippen LogP contribution in [0.3, 0.4) is 0 Å². The standard InChI is InChI=1S/C12H14N4O3/c1-8-2-4-9(5-3-8)14-11(17)13-7-6-10-15-12(18)19-16-10/h2-5H,6-7H2,1H3,(H2,13,14,17)(H,15,16,18). The third-order valence-corrected chi connectivity index (χ3v) is 2.44. The lowest BCUT2D eigenvalue weighted by Gasteiger charge is -2.06. The molecule has 0 fully saturated rings. The summed E-state index contributed by atoms with van der Waals surface area (Å²) in [6, 6.07) is 7.16. The fourth-order valence-electron chi connectivity index (χ4n) is 1.47. The number of aryl methyl sites for hydroxylation is 1. The lowest BCUT2D eigenvalue weighted by atomic mass is 10.2. The van der Waals surface area contributed by atoms with E-state index in [1.54, 1.807) is 0 Å². The van der Waals surface area contributed by atoms with Gasteiger partial charge in [-0.1, -0.05) is 22.9 Å². The molecule has 0 saturated carbocycles. The number of benzene rings is 1. The molecule has 0 bridgehead atoms. The summed E-state index contributed by atoms with van der Waals surface area (Å²) in [5.74, 6) is -0.195. The monoisotopic (exact) mass is 262 g/mol. The van der Waals surface area contributed by atoms with Crippen molar-refractivity contribution >= 4 is 11.7 Å². The number of urea groups is 1. The Morgan fingerprint density at radius 1 is 1.37 bits per heavy atom. The van der Waals surface area contributed by atoms with E-state index in [1.165, 1.54) is 0 Å². The van der Waals surface area contributed by atoms with Crippen molar-refractivity contribution in [3.05, 3.63) is 46.2 Å². The predicted octanol–water partition coefficient (Wildman–Crippen LogP) is 1.04. The number of nitrogens with zero attached hydrogens (tertiary/aromatic N) is 1. The van der Waals surface area contributed by atoms with Gasteiger partial charge in [0.2, 0.25) is 0 Å². The van der Waals surface area contributed by atoms with Crippen molar-refractivity contribution in [2.75, 3.05) is 11.9 Å². The quantitative estimate of drug-likeness (QED) is 0.766. The predicted molar refractivity (Wildman–Crippen MR) is 69.0 cm³/mol. The summed E-state index contributed by atoms with van der Waals surface area (Å²) in [4.78, 5) is 24.6. The van der Waals surface area contributed by atoms with Crippen LogP contribution in [0.25, 0.3) is 0 Å². The highest BCUT2D eigenvalue weighted by Gasteiger charge is 2.03. The van der Waals surface area contributed by atoms with E-state index in [-0.39, 0.29) is 6.03 Å². The Labute approximate surface area is 109 Å². The second-order valence-corrected chi connectivity index (χ2v) is 4.04. The molecular weight excluding hydrogens is 248 g/mol. The first-order chi connectivity index (χ1) is 9.13. The van der Waals surface area contributed by atoms with Gasteiger partial charge < -0.3 is 10.6 Å². The molecule has 1 heterocycles. The van der Waals surface area contributed by atoms with Crippen molar-refractivity contribution < 1.29 is 9.32 Å². The van der Waals surface area contributed by atoms with E-state index in [2.05, 4.69) is 25.3 Å². The number of rotatable bonds is 4. The molecule has 0 atom stereocenters. The zero-order valence-electron chi connectivity index (χ0n) is 10.4. The number of hydrogen-bond acceptors (Lipinski definition) is 4. The number of carbonyl (C=O) groups is 1. The maximum absolute atomic E-state index is 11.6. The minimum atomic E-state index is -0.598. The third-order valence-electron chi connectivity index (χ3n) is 2.44. The van der Waals surface area contributed by atoms with Gasteiger partial charge >= 0.3 is 11.8 Å². The van der Waals surface area contributed by atoms with Crippen molar-refractivity contribution in [2.45, 2.75) is 13.3 Å². The summed E-state index contributed by atoms with van der Waals surface area (Å²) < 4.78 is 4.34. The van der Waals surface area contributed by atoms with Crippen molar-refractivity contribution in [3.63, 3.8) is 0 Å². The maximum atomic E-state index is 11.6. The van der Waals surface area contributed by atoms with Crippen LogP contribution < -0.4 is 16.4 Å². The number of H-pyrrole nitrogens is 1. The van der Waals surface area contributed by atoms with Crippen molar-refractivity contribution in [2.24, 2.45) is 0 Å². The lowest BCUT2D eigenvalue weighted by Crippen LogP contribution is -2.30. The average molecular weight is 262 g/mol. The van der Waals surface area contributed by atoms with Crippen LogP contribution in [-0.4, -0.2) is 22.7 Å². The highest BCUT2D eigenvalue weighted by atomic mass is 16.5. The minimum absolute atomic E-state index is 0.310. The van der Waals surface area contributed by atoms with Gasteiger partial charge in [-0.15, -0.1) is 0 Å². The van der Waals surface area contributed by atoms with Crippen LogP contribution in [0, 0.1) is 6.92 Å². The molecule has 0 radical (unpaired) electrons. The second-order valence-electron chi connectivity index (χ2n) is 4.04. The molecule has 2 amide bonds. The maximum Gasteiger partial charge on any atom is 0.438 e. The number of carbonyl (C=O) groups excluding carboxylic acids is 1. The van der Waals surface area contributed by atoms with E-state index in [0.717, 1.165) is 11.3 Å². The molecule has 7 heteroatoms. The first kappa shape index (κ1) is 12.9. The summed E-state index contributed by atoms with van der Waals surface area (Å²) in [7, 11) is 0. The molecule has 100 valence electrons. The SMILES string of the molecule is Cc1ccc(NC(=O)NCCc2noc(=O)[nH]2)cc1. The fraction of sp³-hybridized carbons (Fsp3) is 0.250. The van der Waals surface area contributed by atoms with Gasteiger partial charge in [0, 0.05) is 18.7 Å². The number of anilines is 1. The number of aromatic amines is 1. The highest BCUT2D eigenvalue weighted by molar-refractivity contribution is 5.89. The Hall–Kier alpha value is -2.57. The Bertz CT molecular complexity index is 600. The van der Waals surface area contributed by atoms with E-state index in [9.17, 15) is 9.59 Å². The van der Waals surface area contributed by atoms with Gasteiger partial charge in [-0.3, -0.25) is 9.51 Å². The summed E-state index contributed by atoms with van der Waals surface area (Å²) in [5.41, 5.74) is 1.85. The van der Waals surface area contributed by atoms with Crippen LogP contribution >= 0.6 is 0 Å². The van der Waals surface area contributed by atoms with E-state index in [1.807, 2.05) is 31.2 Å². The van der Waals surface area contributed by atoms with Gasteiger partial charge in [0.05, 0.1) is 0 Å². The Morgan fingerprint density at radius 2 is 2.11 bits per heavy atom. The lowest BCUT2D eigenvalue weighted by molar-refractivity contribution is 0.252. The first-order valence-electron chi connectivity index (χ1n) is 5.80. The fourth-order valence-corrected chi connectivity index (χ4v) is 1.47. The molecule has 0 aliphatic carbocycles. The molecule has 2 rings (SSSR count). The van der Waals surface area contributed by atoms with Crippen LogP contribution in [0.4, 0.5) is 10.5 Å². The van der Waals surface area contributed by atoms with E-state index < -0.39 is 5.76 Å². The number of amides is 2. The van der Waals surface area contributed by atoms with Gasteiger partial charge in [-0.05, 0) is 19.1 Å². The number of aromatic nitrogens is 2. The zero-order valence-corrected chi connectivity index (χ0v) is 10.4. The molecule has 2 aromatic rings. The summed E-state index contributed by atoms with van der Waals surface area (Å²) in [6.45, 7) is 2.32. The van der Waals surface area contributed by atoms with Crippen LogP contribution in [0.5, 0.6) is 0 Å². The average Bonchev–Trinajstić information content (AvgIpc) is 2.78. The molecule has 0 spiro atoms. The topological polar surface area (TPSA) is 100 Å². The first-order valence-corrected chi connectivity index (χ1v) is 5.80. The minimum Gasteiger partial charge on any atom is -0.337 e. The molecule has 0 aliphatic rings. The van der Waals surface area contributed by atoms with E-state index in [0.29, 0.717) is 18.8 Å². The van der Waals surface area contributed by atoms with Gasteiger partial charge in [-0.25, -0.2) is 9.59 Å². The Kier molecular flexibility index (Phi) is 3.97. The number of hydrogen-bond donors (Lipinski definition) is 3. The van der Waals surface area contributed by atoms with Gasteiger partial charge in [0.25, 0.3) is 0 Å². The summed E-state index contributed by atoms with van der Waals surface area (Å²) in [5, 5.41) is 8.84. The molecule has 0 saturated heterocycles. The van der Waals surface area contributed by atoms with Gasteiger partial charge in [0.1, 0.15) is 0 Å². The third kappa shape index (κ3) is 3.98. The molecule has 1 aromatic carbocycles. The molecule has 0 aliphatic heterocycles. The van der Waals surface area contributed by atoms with Crippen LogP contribution in [0.1, 0.15) is 11.4 Å². The van der Waals surface area contributed by atoms with Crippen LogP contribution in [0.15, 0.2) is 33.6 Å². The van der Waals surface area contributed by atoms with Crippen molar-refractivity contribution in [3.8, 4) is 0 Å². The van der Waals surface area contributed by atoms with Crippen LogP contribution in [-0.2, 0) is 6.42 Å². The smallest absolute Gasteiger partial charge is 0.337 e. The number of nitrogens with one attached hydrogen (secondary N) is 3. The van der Waals surface area contributed by atoms with Crippen molar-refractivity contribution in [1.82, 2.24) is 15.5 Å². The largest absolute Gasteiger partial charge is 0.438 e. The van der Waals surface area contributed by atoms with E-state index >= 15 is 0 Å². The van der Waals surface area contributed by atoms with Crippen molar-refractivity contribution in [1.29, 1.82) is 0 Å². The molecule has 19 heavy (non-hydrogen) atoms. The van der Waals surface area contributed by atoms with Gasteiger partial charge in [-0.2, -0.15) is 0 Å². The second kappa shape index (κ2) is 5.85. The summed E-state index contributed by atoms with van der Waals surface area (Å²) in [6.07, 6.45) is 0.396. The van der Waals surface area contributed by atoms with Crippen LogP contribution in [0.2, 0.25) is 0 Å². The molecular formula is C12H14N4O3. The Morgan fingerprint density at radius 3 is 2.74 bits per heavy atom. The normalized spacial score (nSPS) is 10.2. The molecule has 3 N–H and O–H groups in total. The molecule has 0 unspecified atom stereocenters. The Balaban J connectivity index is 1.75. The van der Waals surface area contributed by atoms with E-state index in [4.69, 9.17) is 0 Å². The highest BCUT2D eigenvalue weighted by Crippen LogP contribution is 2.07. The molecule has 7 nitrogen and oxygen atoms in total. The molecule has 1 aromatic heterocycles.